The zero-order valence-corrected chi connectivity index (χ0v) is 13.3. The highest BCUT2D eigenvalue weighted by Gasteiger charge is 2.15. The van der Waals surface area contributed by atoms with Crippen molar-refractivity contribution in [1.29, 1.82) is 0 Å². The number of benzene rings is 1. The highest BCUT2D eigenvalue weighted by atomic mass is 16.5. The van der Waals surface area contributed by atoms with Crippen molar-refractivity contribution >= 4 is 0 Å². The van der Waals surface area contributed by atoms with E-state index in [0.29, 0.717) is 0 Å². The van der Waals surface area contributed by atoms with E-state index in [1.54, 1.807) is 7.11 Å². The third-order valence-corrected chi connectivity index (χ3v) is 4.24. The van der Waals surface area contributed by atoms with Gasteiger partial charge >= 0.3 is 0 Å². The van der Waals surface area contributed by atoms with Crippen molar-refractivity contribution in [1.82, 2.24) is 9.80 Å². The SMILES string of the molecule is COc1ccc(CCCN2CCN(CCCN)CC2)cc1. The van der Waals surface area contributed by atoms with Crippen LogP contribution in [0.3, 0.4) is 0 Å². The van der Waals surface area contributed by atoms with E-state index < -0.39 is 0 Å². The molecule has 1 fully saturated rings. The van der Waals surface area contributed by atoms with Crippen LogP contribution in [0.1, 0.15) is 18.4 Å². The monoisotopic (exact) mass is 291 g/mol. The lowest BCUT2D eigenvalue weighted by molar-refractivity contribution is 0.131. The average molecular weight is 291 g/mol. The molecule has 0 bridgehead atoms. The molecule has 0 aliphatic carbocycles. The number of methoxy groups -OCH3 is 1. The van der Waals surface area contributed by atoms with E-state index in [1.165, 1.54) is 44.7 Å². The van der Waals surface area contributed by atoms with Crippen LogP contribution in [0.4, 0.5) is 0 Å². The summed E-state index contributed by atoms with van der Waals surface area (Å²) in [6.45, 7) is 7.97. The summed E-state index contributed by atoms with van der Waals surface area (Å²) in [7, 11) is 1.71. The highest BCUT2D eigenvalue weighted by molar-refractivity contribution is 5.27. The van der Waals surface area contributed by atoms with E-state index in [9.17, 15) is 0 Å². The Morgan fingerprint density at radius 2 is 1.52 bits per heavy atom. The minimum atomic E-state index is 0.808. The standard InChI is InChI=1S/C17H29N3O/c1-21-17-7-5-16(6-8-17)4-2-10-19-12-14-20(15-13-19)11-3-9-18/h5-8H,2-4,9-15,18H2,1H3. The van der Waals surface area contributed by atoms with E-state index in [1.807, 2.05) is 12.1 Å². The van der Waals surface area contributed by atoms with Crippen LogP contribution in [0.15, 0.2) is 24.3 Å². The molecule has 4 heteroatoms. The van der Waals surface area contributed by atoms with Gasteiger partial charge in [0.1, 0.15) is 5.75 Å². The number of hydrogen-bond donors (Lipinski definition) is 1. The fourth-order valence-corrected chi connectivity index (χ4v) is 2.85. The van der Waals surface area contributed by atoms with E-state index in [4.69, 9.17) is 10.5 Å². The zero-order valence-electron chi connectivity index (χ0n) is 13.3. The molecule has 1 aromatic carbocycles. The van der Waals surface area contributed by atoms with Crippen LogP contribution in [0.5, 0.6) is 5.75 Å². The Kier molecular flexibility index (Phi) is 7.00. The van der Waals surface area contributed by atoms with Crippen molar-refractivity contribution in [3.05, 3.63) is 29.8 Å². The third-order valence-electron chi connectivity index (χ3n) is 4.24. The maximum Gasteiger partial charge on any atom is 0.118 e. The fourth-order valence-electron chi connectivity index (χ4n) is 2.85. The van der Waals surface area contributed by atoms with Crippen LogP contribution >= 0.6 is 0 Å². The van der Waals surface area contributed by atoms with Crippen LogP contribution < -0.4 is 10.5 Å². The molecule has 118 valence electrons. The largest absolute Gasteiger partial charge is 0.497 e. The van der Waals surface area contributed by atoms with Gasteiger partial charge in [-0.25, -0.2) is 0 Å². The summed E-state index contributed by atoms with van der Waals surface area (Å²) in [6.07, 6.45) is 3.50. The van der Waals surface area contributed by atoms with Gasteiger partial charge in [0.25, 0.3) is 0 Å². The van der Waals surface area contributed by atoms with Gasteiger partial charge in [-0.1, -0.05) is 12.1 Å². The van der Waals surface area contributed by atoms with E-state index in [2.05, 4.69) is 21.9 Å². The quantitative estimate of drug-likeness (QED) is 0.790. The molecule has 1 aromatic rings. The molecule has 4 nitrogen and oxygen atoms in total. The summed E-state index contributed by atoms with van der Waals surface area (Å²) in [5.41, 5.74) is 6.97. The van der Waals surface area contributed by atoms with Gasteiger partial charge < -0.3 is 20.3 Å². The lowest BCUT2D eigenvalue weighted by Gasteiger charge is -2.34. The van der Waals surface area contributed by atoms with Crippen molar-refractivity contribution in [2.75, 3.05) is 52.9 Å². The second-order valence-corrected chi connectivity index (χ2v) is 5.78. The van der Waals surface area contributed by atoms with Crippen LogP contribution in [-0.2, 0) is 6.42 Å². The predicted octanol–water partition coefficient (Wildman–Crippen LogP) is 1.59. The molecule has 0 unspecified atom stereocenters. The molecule has 0 amide bonds. The van der Waals surface area contributed by atoms with Crippen LogP contribution in [0, 0.1) is 0 Å². The maximum absolute atomic E-state index is 5.57. The Labute approximate surface area is 128 Å². The molecule has 0 aromatic heterocycles. The first-order valence-corrected chi connectivity index (χ1v) is 8.09. The summed E-state index contributed by atoms with van der Waals surface area (Å²) >= 11 is 0. The van der Waals surface area contributed by atoms with Crippen molar-refractivity contribution in [3.63, 3.8) is 0 Å². The molecule has 0 radical (unpaired) electrons. The molecule has 21 heavy (non-hydrogen) atoms. The Morgan fingerprint density at radius 1 is 0.952 bits per heavy atom. The van der Waals surface area contributed by atoms with Crippen LogP contribution in [0.25, 0.3) is 0 Å². The lowest BCUT2D eigenvalue weighted by atomic mass is 10.1. The van der Waals surface area contributed by atoms with Crippen LogP contribution in [-0.4, -0.2) is 62.7 Å². The first kappa shape index (κ1) is 16.3. The van der Waals surface area contributed by atoms with E-state index in [-0.39, 0.29) is 0 Å². The molecule has 1 saturated heterocycles. The van der Waals surface area contributed by atoms with Gasteiger partial charge in [0, 0.05) is 26.2 Å². The predicted molar refractivity (Wildman–Crippen MR) is 87.9 cm³/mol. The summed E-state index contributed by atoms with van der Waals surface area (Å²) in [5, 5.41) is 0. The molecule has 1 heterocycles. The molecular formula is C17H29N3O. The number of aryl methyl sites for hydroxylation is 1. The van der Waals surface area contributed by atoms with E-state index in [0.717, 1.165) is 31.7 Å². The summed E-state index contributed by atoms with van der Waals surface area (Å²) < 4.78 is 5.19. The normalized spacial score (nSPS) is 17.0. The second kappa shape index (κ2) is 9.03. The Morgan fingerprint density at radius 3 is 2.05 bits per heavy atom. The number of nitrogens with zero attached hydrogens (tertiary/aromatic N) is 2. The smallest absolute Gasteiger partial charge is 0.118 e. The van der Waals surface area contributed by atoms with Crippen molar-refractivity contribution in [3.8, 4) is 5.75 Å². The zero-order chi connectivity index (χ0) is 14.9. The second-order valence-electron chi connectivity index (χ2n) is 5.78. The average Bonchev–Trinajstić information content (AvgIpc) is 2.55. The van der Waals surface area contributed by atoms with Gasteiger partial charge in [0.2, 0.25) is 0 Å². The highest BCUT2D eigenvalue weighted by Crippen LogP contribution is 2.13. The number of hydrogen-bond acceptors (Lipinski definition) is 4. The fraction of sp³-hybridized carbons (Fsp3) is 0.647. The first-order chi connectivity index (χ1) is 10.3. The van der Waals surface area contributed by atoms with Gasteiger partial charge in [-0.2, -0.15) is 0 Å². The molecule has 0 spiro atoms. The Balaban J connectivity index is 1.61. The minimum Gasteiger partial charge on any atom is -0.497 e. The summed E-state index contributed by atoms with van der Waals surface area (Å²) in [6, 6.07) is 8.43. The summed E-state index contributed by atoms with van der Waals surface area (Å²) in [5.74, 6) is 0.937. The Hall–Kier alpha value is -1.10. The molecule has 2 rings (SSSR count). The number of nitrogens with two attached hydrogens (primary N) is 1. The number of piperazine rings is 1. The molecule has 0 atom stereocenters. The number of ether oxygens (including phenoxy) is 1. The minimum absolute atomic E-state index is 0.808. The lowest BCUT2D eigenvalue weighted by Crippen LogP contribution is -2.47. The van der Waals surface area contributed by atoms with Gasteiger partial charge in [-0.05, 0) is 56.6 Å². The molecule has 2 N–H and O–H groups in total. The molecule has 1 aliphatic rings. The van der Waals surface area contributed by atoms with Crippen LogP contribution in [0.2, 0.25) is 0 Å². The first-order valence-electron chi connectivity index (χ1n) is 8.09. The maximum atomic E-state index is 5.57. The molecule has 0 saturated carbocycles. The third kappa shape index (κ3) is 5.65. The van der Waals surface area contributed by atoms with E-state index >= 15 is 0 Å². The van der Waals surface area contributed by atoms with Crippen molar-refractivity contribution in [2.45, 2.75) is 19.3 Å². The number of rotatable bonds is 8. The van der Waals surface area contributed by atoms with Gasteiger partial charge in [-0.3, -0.25) is 0 Å². The topological polar surface area (TPSA) is 41.7 Å². The van der Waals surface area contributed by atoms with Crippen molar-refractivity contribution < 1.29 is 4.74 Å². The van der Waals surface area contributed by atoms with Gasteiger partial charge in [-0.15, -0.1) is 0 Å². The van der Waals surface area contributed by atoms with Gasteiger partial charge in [0.15, 0.2) is 0 Å². The molecule has 1 aliphatic heterocycles. The Bertz CT molecular complexity index is 386. The van der Waals surface area contributed by atoms with Gasteiger partial charge in [0.05, 0.1) is 7.11 Å². The van der Waals surface area contributed by atoms with Crippen molar-refractivity contribution in [2.24, 2.45) is 5.73 Å². The summed E-state index contributed by atoms with van der Waals surface area (Å²) in [4.78, 5) is 5.12. The molecular weight excluding hydrogens is 262 g/mol.